The predicted octanol–water partition coefficient (Wildman–Crippen LogP) is 1.89. The summed E-state index contributed by atoms with van der Waals surface area (Å²) in [6.07, 6.45) is 9.03. The molecule has 3 aliphatic rings. The number of sulfonamides is 1. The number of fused-ring (bicyclic) bond motifs is 2. The Bertz CT molecular complexity index is 912. The van der Waals surface area contributed by atoms with Crippen molar-refractivity contribution < 1.29 is 18.0 Å². The molecule has 3 fully saturated rings. The number of carbonyl (C=O) groups is 2. The van der Waals surface area contributed by atoms with Gasteiger partial charge in [0.1, 0.15) is 6.04 Å². The molecule has 3 amide bonds. The van der Waals surface area contributed by atoms with E-state index in [1.807, 2.05) is 0 Å². The molecule has 170 valence electrons. The topological polar surface area (TPSA) is 122 Å². The number of hydrogen-bond acceptors (Lipinski definition) is 4. The van der Waals surface area contributed by atoms with Gasteiger partial charge in [0.05, 0.1) is 4.90 Å². The fourth-order valence-electron chi connectivity index (χ4n) is 5.39. The van der Waals surface area contributed by atoms with Gasteiger partial charge in [-0.1, -0.05) is 31.4 Å². The minimum absolute atomic E-state index is 0.0712. The molecule has 1 saturated heterocycles. The molecular formula is C22H32N4O4S. The van der Waals surface area contributed by atoms with Gasteiger partial charge < -0.3 is 15.5 Å². The molecule has 0 unspecified atom stereocenters. The van der Waals surface area contributed by atoms with Crippen LogP contribution < -0.4 is 15.8 Å². The Kier molecular flexibility index (Phi) is 6.52. The maximum absolute atomic E-state index is 13.0. The summed E-state index contributed by atoms with van der Waals surface area (Å²) in [6, 6.07) is 6.25. The van der Waals surface area contributed by atoms with Crippen molar-refractivity contribution in [3.63, 3.8) is 0 Å². The number of benzene rings is 1. The number of hydrogen-bond donors (Lipinski definition) is 3. The molecule has 4 rings (SSSR count). The van der Waals surface area contributed by atoms with Crippen LogP contribution in [0.4, 0.5) is 4.79 Å². The van der Waals surface area contributed by atoms with E-state index in [2.05, 4.69) is 10.6 Å². The standard InChI is InChI=1S/C22H32N4O4S/c23-31(29,30)19-10-6-15(7-11-19)12-13-24-21(27)20-16-8-9-18(14-16)26(20)22(28)25-17-4-2-1-3-5-17/h6-7,10-11,16-18,20H,1-5,8-9,12-14H2,(H,24,27)(H,25,28)(H2,23,29,30)/t16-,18-,20-/m0/s1. The van der Waals surface area contributed by atoms with Gasteiger partial charge in [0, 0.05) is 18.6 Å². The smallest absolute Gasteiger partial charge is 0.318 e. The predicted molar refractivity (Wildman–Crippen MR) is 117 cm³/mol. The van der Waals surface area contributed by atoms with Crippen molar-refractivity contribution in [2.75, 3.05) is 6.54 Å². The van der Waals surface area contributed by atoms with Gasteiger partial charge in [-0.25, -0.2) is 18.4 Å². The lowest BCUT2D eigenvalue weighted by molar-refractivity contribution is -0.126. The van der Waals surface area contributed by atoms with Gasteiger partial charge in [0.25, 0.3) is 0 Å². The van der Waals surface area contributed by atoms with Crippen molar-refractivity contribution in [2.45, 2.75) is 80.8 Å². The van der Waals surface area contributed by atoms with Crippen molar-refractivity contribution in [1.82, 2.24) is 15.5 Å². The molecule has 1 aromatic rings. The average Bonchev–Trinajstić information content (AvgIpc) is 3.36. The van der Waals surface area contributed by atoms with E-state index < -0.39 is 16.1 Å². The SMILES string of the molecule is NS(=O)(=O)c1ccc(CCNC(=O)[C@@H]2[C@H]3CC[C@@H](C3)N2C(=O)NC2CCCCC2)cc1. The van der Waals surface area contributed by atoms with E-state index >= 15 is 0 Å². The number of piperidine rings is 1. The second-order valence-corrected chi connectivity index (χ2v) is 10.7. The van der Waals surface area contributed by atoms with Crippen LogP contribution in [0.25, 0.3) is 0 Å². The van der Waals surface area contributed by atoms with Crippen molar-refractivity contribution in [1.29, 1.82) is 0 Å². The number of primary sulfonamides is 1. The van der Waals surface area contributed by atoms with Crippen LogP contribution in [0, 0.1) is 5.92 Å². The average molecular weight is 449 g/mol. The Hall–Kier alpha value is -2.13. The van der Waals surface area contributed by atoms with E-state index in [9.17, 15) is 18.0 Å². The molecule has 0 aromatic heterocycles. The fourth-order valence-corrected chi connectivity index (χ4v) is 5.91. The number of rotatable bonds is 6. The number of likely N-dealkylation sites (tertiary alicyclic amines) is 1. The van der Waals surface area contributed by atoms with E-state index in [0.717, 1.165) is 50.5 Å². The maximum atomic E-state index is 13.0. The second-order valence-electron chi connectivity index (χ2n) is 9.09. The quantitative estimate of drug-likeness (QED) is 0.615. The second kappa shape index (κ2) is 9.16. The summed E-state index contributed by atoms with van der Waals surface area (Å²) in [5.41, 5.74) is 0.910. The van der Waals surface area contributed by atoms with Crippen molar-refractivity contribution >= 4 is 22.0 Å². The van der Waals surface area contributed by atoms with E-state index in [-0.39, 0.29) is 34.8 Å². The molecule has 2 saturated carbocycles. The van der Waals surface area contributed by atoms with Gasteiger partial charge in [0.15, 0.2) is 0 Å². The van der Waals surface area contributed by atoms with E-state index in [0.29, 0.717) is 13.0 Å². The molecule has 2 bridgehead atoms. The number of amides is 3. The number of nitrogens with two attached hydrogens (primary N) is 1. The van der Waals surface area contributed by atoms with Gasteiger partial charge >= 0.3 is 6.03 Å². The summed E-state index contributed by atoms with van der Waals surface area (Å²) in [7, 11) is -3.71. The summed E-state index contributed by atoms with van der Waals surface area (Å²) < 4.78 is 22.7. The van der Waals surface area contributed by atoms with Crippen LogP contribution >= 0.6 is 0 Å². The van der Waals surface area contributed by atoms with Crippen molar-refractivity contribution in [2.24, 2.45) is 11.1 Å². The molecule has 0 radical (unpaired) electrons. The molecule has 9 heteroatoms. The number of nitrogens with zero attached hydrogens (tertiary/aromatic N) is 1. The minimum atomic E-state index is -3.71. The van der Waals surface area contributed by atoms with Gasteiger partial charge in [-0.05, 0) is 62.1 Å². The minimum Gasteiger partial charge on any atom is -0.354 e. The number of nitrogens with one attached hydrogen (secondary N) is 2. The largest absolute Gasteiger partial charge is 0.354 e. The summed E-state index contributed by atoms with van der Waals surface area (Å²) in [6.45, 7) is 0.430. The first kappa shape index (κ1) is 22.1. The third-order valence-corrected chi connectivity index (χ3v) is 7.92. The first-order valence-corrected chi connectivity index (χ1v) is 12.9. The summed E-state index contributed by atoms with van der Waals surface area (Å²) >= 11 is 0. The van der Waals surface area contributed by atoms with Crippen LogP contribution in [0.2, 0.25) is 0 Å². The highest BCUT2D eigenvalue weighted by Gasteiger charge is 2.51. The van der Waals surface area contributed by atoms with Crippen LogP contribution in [0.5, 0.6) is 0 Å². The molecule has 1 heterocycles. The van der Waals surface area contributed by atoms with E-state index in [1.165, 1.54) is 18.6 Å². The van der Waals surface area contributed by atoms with Gasteiger partial charge in [-0.3, -0.25) is 4.79 Å². The van der Waals surface area contributed by atoms with Crippen LogP contribution in [-0.2, 0) is 21.2 Å². The Morgan fingerprint density at radius 3 is 2.42 bits per heavy atom. The Balaban J connectivity index is 1.32. The molecular weight excluding hydrogens is 416 g/mol. The van der Waals surface area contributed by atoms with Crippen LogP contribution in [0.3, 0.4) is 0 Å². The summed E-state index contributed by atoms with van der Waals surface area (Å²) in [5.74, 6) is 0.142. The lowest BCUT2D eigenvalue weighted by Gasteiger charge is -2.36. The molecule has 3 atom stereocenters. The first-order valence-electron chi connectivity index (χ1n) is 11.3. The Labute approximate surface area is 184 Å². The third-order valence-electron chi connectivity index (χ3n) is 6.99. The highest BCUT2D eigenvalue weighted by atomic mass is 32.2. The van der Waals surface area contributed by atoms with Gasteiger partial charge in [0.2, 0.25) is 15.9 Å². The van der Waals surface area contributed by atoms with Crippen LogP contribution in [0.15, 0.2) is 29.2 Å². The molecule has 8 nitrogen and oxygen atoms in total. The highest BCUT2D eigenvalue weighted by molar-refractivity contribution is 7.89. The molecule has 1 aliphatic heterocycles. The van der Waals surface area contributed by atoms with Gasteiger partial charge in [-0.2, -0.15) is 0 Å². The van der Waals surface area contributed by atoms with E-state index in [4.69, 9.17) is 5.14 Å². The first-order chi connectivity index (χ1) is 14.8. The van der Waals surface area contributed by atoms with Gasteiger partial charge in [-0.15, -0.1) is 0 Å². The Morgan fingerprint density at radius 1 is 1.03 bits per heavy atom. The zero-order chi connectivity index (χ0) is 22.0. The van der Waals surface area contributed by atoms with E-state index in [1.54, 1.807) is 17.0 Å². The monoisotopic (exact) mass is 448 g/mol. The fraction of sp³-hybridized carbons (Fsp3) is 0.636. The summed E-state index contributed by atoms with van der Waals surface area (Å²) in [4.78, 5) is 27.9. The van der Waals surface area contributed by atoms with Crippen LogP contribution in [0.1, 0.15) is 56.9 Å². The lowest BCUT2D eigenvalue weighted by Crippen LogP contribution is -2.57. The highest BCUT2D eigenvalue weighted by Crippen LogP contribution is 2.42. The maximum Gasteiger partial charge on any atom is 0.318 e. The molecule has 2 aliphatic carbocycles. The zero-order valence-electron chi connectivity index (χ0n) is 17.8. The third kappa shape index (κ3) is 5.03. The van der Waals surface area contributed by atoms with Crippen molar-refractivity contribution in [3.8, 4) is 0 Å². The lowest BCUT2D eigenvalue weighted by atomic mass is 9.95. The van der Waals surface area contributed by atoms with Crippen molar-refractivity contribution in [3.05, 3.63) is 29.8 Å². The molecule has 0 spiro atoms. The zero-order valence-corrected chi connectivity index (χ0v) is 18.6. The molecule has 4 N–H and O–H groups in total. The summed E-state index contributed by atoms with van der Waals surface area (Å²) in [5, 5.41) is 11.3. The van der Waals surface area contributed by atoms with Crippen LogP contribution in [-0.4, -0.2) is 49.9 Å². The number of urea groups is 1. The molecule has 1 aromatic carbocycles. The normalized spacial score (nSPS) is 26.1. The Morgan fingerprint density at radius 2 is 1.74 bits per heavy atom. The molecule has 31 heavy (non-hydrogen) atoms. The number of carbonyl (C=O) groups excluding carboxylic acids is 2.